The van der Waals surface area contributed by atoms with E-state index in [0.29, 0.717) is 5.92 Å². The summed E-state index contributed by atoms with van der Waals surface area (Å²) in [6.07, 6.45) is -0.593. The Morgan fingerprint density at radius 1 is 1.20 bits per heavy atom. The van der Waals surface area contributed by atoms with Gasteiger partial charge in [-0.05, 0) is 45.7 Å². The predicted molar refractivity (Wildman–Crippen MR) is 84.2 cm³/mol. The van der Waals surface area contributed by atoms with Crippen LogP contribution in [0, 0.1) is 12.8 Å². The maximum atomic E-state index is 10.8. The fourth-order valence-electron chi connectivity index (χ4n) is 2.39. The van der Waals surface area contributed by atoms with Gasteiger partial charge in [-0.15, -0.1) is 0 Å². The number of nitrogens with one attached hydrogen (secondary N) is 1. The van der Waals surface area contributed by atoms with Crippen molar-refractivity contribution in [1.82, 2.24) is 5.32 Å². The molecule has 0 radical (unpaired) electrons. The highest BCUT2D eigenvalue weighted by Crippen LogP contribution is 2.31. The van der Waals surface area contributed by atoms with Gasteiger partial charge in [-0.25, -0.2) is 0 Å². The summed E-state index contributed by atoms with van der Waals surface area (Å²) in [6, 6.07) is 5.90. The van der Waals surface area contributed by atoms with Crippen LogP contribution in [0.3, 0.4) is 0 Å². The van der Waals surface area contributed by atoms with Gasteiger partial charge in [0.2, 0.25) is 0 Å². The molecule has 0 aliphatic heterocycles. The van der Waals surface area contributed by atoms with E-state index in [2.05, 4.69) is 39.9 Å². The number of hydrogen-bond acceptors (Lipinski definition) is 3. The number of benzene rings is 1. The Bertz CT molecular complexity index is 435. The molecule has 2 unspecified atom stereocenters. The standard InChI is InChI=1S/C17H29NO2/c1-11(2)15(18-17(4,5)6)16(19)13-10-12(3)8-9-14(13)20-7/h8-11,15-16,18-19H,1-7H3. The smallest absolute Gasteiger partial charge is 0.124 e. The van der Waals surface area contributed by atoms with Gasteiger partial charge in [0.1, 0.15) is 5.75 Å². The van der Waals surface area contributed by atoms with Crippen LogP contribution < -0.4 is 10.1 Å². The molecule has 1 aromatic rings. The Morgan fingerprint density at radius 3 is 2.25 bits per heavy atom. The third-order valence-corrected chi connectivity index (χ3v) is 3.36. The molecule has 0 bridgehead atoms. The lowest BCUT2D eigenvalue weighted by Gasteiger charge is -2.35. The molecular weight excluding hydrogens is 250 g/mol. The lowest BCUT2D eigenvalue weighted by atomic mass is 9.90. The highest BCUT2D eigenvalue weighted by molar-refractivity contribution is 5.39. The molecule has 114 valence electrons. The number of aliphatic hydroxyl groups is 1. The molecule has 3 heteroatoms. The highest BCUT2D eigenvalue weighted by atomic mass is 16.5. The number of aliphatic hydroxyl groups excluding tert-OH is 1. The van der Waals surface area contributed by atoms with E-state index in [0.717, 1.165) is 16.9 Å². The summed E-state index contributed by atoms with van der Waals surface area (Å²) >= 11 is 0. The number of aryl methyl sites for hydroxylation is 1. The maximum Gasteiger partial charge on any atom is 0.124 e. The number of methoxy groups -OCH3 is 1. The molecule has 0 aliphatic carbocycles. The van der Waals surface area contributed by atoms with Gasteiger partial charge in [-0.2, -0.15) is 0 Å². The fourth-order valence-corrected chi connectivity index (χ4v) is 2.39. The van der Waals surface area contributed by atoms with Crippen molar-refractivity contribution >= 4 is 0 Å². The molecule has 0 aromatic heterocycles. The molecule has 1 rings (SSSR count). The van der Waals surface area contributed by atoms with Gasteiger partial charge in [0, 0.05) is 17.1 Å². The molecule has 1 aromatic carbocycles. The predicted octanol–water partition coefficient (Wildman–Crippen LogP) is 3.45. The zero-order valence-electron chi connectivity index (χ0n) is 13.8. The molecule has 0 spiro atoms. The molecule has 0 amide bonds. The molecule has 3 nitrogen and oxygen atoms in total. The average molecular weight is 279 g/mol. The van der Waals surface area contributed by atoms with Gasteiger partial charge >= 0.3 is 0 Å². The zero-order chi connectivity index (χ0) is 15.5. The van der Waals surface area contributed by atoms with Crippen LogP contribution in [0.1, 0.15) is 51.8 Å². The average Bonchev–Trinajstić information content (AvgIpc) is 2.33. The van der Waals surface area contributed by atoms with Gasteiger partial charge in [-0.3, -0.25) is 0 Å². The molecule has 0 saturated carbocycles. The Labute approximate surface area is 123 Å². The molecule has 0 fully saturated rings. The molecule has 0 saturated heterocycles. The van der Waals surface area contributed by atoms with Gasteiger partial charge in [0.25, 0.3) is 0 Å². The second-order valence-electron chi connectivity index (χ2n) is 6.85. The summed E-state index contributed by atoms with van der Waals surface area (Å²) in [6.45, 7) is 12.6. The van der Waals surface area contributed by atoms with E-state index < -0.39 is 6.10 Å². The second kappa shape index (κ2) is 6.59. The largest absolute Gasteiger partial charge is 0.496 e. The van der Waals surface area contributed by atoms with Crippen molar-refractivity contribution in [3.05, 3.63) is 29.3 Å². The van der Waals surface area contributed by atoms with Gasteiger partial charge in [0.05, 0.1) is 13.2 Å². The SMILES string of the molecule is COc1ccc(C)cc1C(O)C(NC(C)(C)C)C(C)C. The minimum absolute atomic E-state index is 0.0225. The molecular formula is C17H29NO2. The van der Waals surface area contributed by atoms with E-state index in [9.17, 15) is 5.11 Å². The first-order valence-electron chi connectivity index (χ1n) is 7.26. The molecule has 0 aliphatic rings. The van der Waals surface area contributed by atoms with Crippen molar-refractivity contribution < 1.29 is 9.84 Å². The summed E-state index contributed by atoms with van der Waals surface area (Å²) in [7, 11) is 1.64. The van der Waals surface area contributed by atoms with Crippen molar-refractivity contribution in [1.29, 1.82) is 0 Å². The van der Waals surface area contributed by atoms with E-state index in [1.165, 1.54) is 0 Å². The normalized spacial score (nSPS) is 15.2. The highest BCUT2D eigenvalue weighted by Gasteiger charge is 2.29. The van der Waals surface area contributed by atoms with Crippen LogP contribution >= 0.6 is 0 Å². The van der Waals surface area contributed by atoms with Crippen molar-refractivity contribution in [2.45, 2.75) is 59.2 Å². The van der Waals surface area contributed by atoms with Crippen molar-refractivity contribution in [2.75, 3.05) is 7.11 Å². The van der Waals surface area contributed by atoms with Crippen LogP contribution in [0.5, 0.6) is 5.75 Å². The maximum absolute atomic E-state index is 10.8. The first kappa shape index (κ1) is 17.0. The van der Waals surface area contributed by atoms with Crippen LogP contribution in [0.15, 0.2) is 18.2 Å². The van der Waals surface area contributed by atoms with Crippen molar-refractivity contribution in [3.8, 4) is 5.75 Å². The van der Waals surface area contributed by atoms with E-state index in [1.54, 1.807) is 7.11 Å². The Morgan fingerprint density at radius 2 is 1.80 bits per heavy atom. The molecule has 2 N–H and O–H groups in total. The third-order valence-electron chi connectivity index (χ3n) is 3.36. The van der Waals surface area contributed by atoms with Crippen LogP contribution in [0.4, 0.5) is 0 Å². The van der Waals surface area contributed by atoms with Crippen LogP contribution in [0.25, 0.3) is 0 Å². The monoisotopic (exact) mass is 279 g/mol. The van der Waals surface area contributed by atoms with Crippen LogP contribution in [-0.4, -0.2) is 23.8 Å². The van der Waals surface area contributed by atoms with Crippen molar-refractivity contribution in [2.24, 2.45) is 5.92 Å². The Hall–Kier alpha value is -1.06. The van der Waals surface area contributed by atoms with Crippen LogP contribution in [-0.2, 0) is 0 Å². The molecule has 0 heterocycles. The second-order valence-corrected chi connectivity index (χ2v) is 6.85. The summed E-state index contributed by atoms with van der Waals surface area (Å²) in [5.41, 5.74) is 1.92. The van der Waals surface area contributed by atoms with E-state index in [1.807, 2.05) is 25.1 Å². The lowest BCUT2D eigenvalue weighted by molar-refractivity contribution is 0.0870. The molecule has 2 atom stereocenters. The Balaban J connectivity index is 3.12. The quantitative estimate of drug-likeness (QED) is 0.867. The van der Waals surface area contributed by atoms with E-state index in [-0.39, 0.29) is 11.6 Å². The van der Waals surface area contributed by atoms with Gasteiger partial charge in [0.15, 0.2) is 0 Å². The van der Waals surface area contributed by atoms with Crippen LogP contribution in [0.2, 0.25) is 0 Å². The fraction of sp³-hybridized carbons (Fsp3) is 0.647. The van der Waals surface area contributed by atoms with E-state index >= 15 is 0 Å². The Kier molecular flexibility index (Phi) is 5.60. The third kappa shape index (κ3) is 4.50. The van der Waals surface area contributed by atoms with E-state index in [4.69, 9.17) is 4.74 Å². The zero-order valence-corrected chi connectivity index (χ0v) is 13.8. The van der Waals surface area contributed by atoms with Gasteiger partial charge < -0.3 is 15.2 Å². The summed E-state index contributed by atoms with van der Waals surface area (Å²) in [4.78, 5) is 0. The first-order valence-corrected chi connectivity index (χ1v) is 7.26. The number of ether oxygens (including phenoxy) is 1. The summed E-state index contributed by atoms with van der Waals surface area (Å²) < 4.78 is 5.39. The minimum Gasteiger partial charge on any atom is -0.496 e. The minimum atomic E-state index is -0.593. The number of rotatable bonds is 5. The number of hydrogen-bond donors (Lipinski definition) is 2. The summed E-state index contributed by atoms with van der Waals surface area (Å²) in [5.74, 6) is 1.05. The summed E-state index contributed by atoms with van der Waals surface area (Å²) in [5, 5.41) is 14.3. The molecule has 20 heavy (non-hydrogen) atoms. The first-order chi connectivity index (χ1) is 9.15. The lowest BCUT2D eigenvalue weighted by Crippen LogP contribution is -2.49. The topological polar surface area (TPSA) is 41.5 Å². The van der Waals surface area contributed by atoms with Crippen molar-refractivity contribution in [3.63, 3.8) is 0 Å². The van der Waals surface area contributed by atoms with Gasteiger partial charge in [-0.1, -0.05) is 25.5 Å².